The third kappa shape index (κ3) is 2.30. The van der Waals surface area contributed by atoms with Crippen LogP contribution < -0.4 is 11.1 Å². The van der Waals surface area contributed by atoms with E-state index in [0.29, 0.717) is 24.4 Å². The van der Waals surface area contributed by atoms with Crippen molar-refractivity contribution in [2.75, 3.05) is 17.7 Å². The van der Waals surface area contributed by atoms with E-state index in [1.165, 1.54) is 18.2 Å². The number of carbonyl (C=O) groups excluding carboxylic acids is 1. The van der Waals surface area contributed by atoms with Gasteiger partial charge >= 0.3 is 0 Å². The SMILES string of the molecule is Nc1ccc(F)cc1NC(=O)C1CCCO1. The van der Waals surface area contributed by atoms with Crippen molar-refractivity contribution in [3.8, 4) is 0 Å². The molecule has 1 aliphatic heterocycles. The van der Waals surface area contributed by atoms with Crippen molar-refractivity contribution in [3.05, 3.63) is 24.0 Å². The predicted octanol–water partition coefficient (Wildman–Crippen LogP) is 1.53. The number of amides is 1. The van der Waals surface area contributed by atoms with Gasteiger partial charge in [-0.3, -0.25) is 4.79 Å². The van der Waals surface area contributed by atoms with E-state index >= 15 is 0 Å². The third-order valence-electron chi connectivity index (χ3n) is 2.50. The van der Waals surface area contributed by atoms with Gasteiger partial charge < -0.3 is 15.8 Å². The van der Waals surface area contributed by atoms with Crippen LogP contribution in [0.4, 0.5) is 15.8 Å². The number of nitrogens with one attached hydrogen (secondary N) is 1. The molecule has 5 heteroatoms. The molecule has 86 valence electrons. The van der Waals surface area contributed by atoms with Crippen LogP contribution in [0.5, 0.6) is 0 Å². The van der Waals surface area contributed by atoms with Crippen molar-refractivity contribution in [2.24, 2.45) is 0 Å². The zero-order valence-electron chi connectivity index (χ0n) is 8.70. The van der Waals surface area contributed by atoms with Gasteiger partial charge in [-0.15, -0.1) is 0 Å². The van der Waals surface area contributed by atoms with E-state index in [2.05, 4.69) is 5.32 Å². The number of benzene rings is 1. The molecular weight excluding hydrogens is 211 g/mol. The van der Waals surface area contributed by atoms with Crippen LogP contribution in [0, 0.1) is 5.82 Å². The van der Waals surface area contributed by atoms with E-state index in [-0.39, 0.29) is 5.91 Å². The summed E-state index contributed by atoms with van der Waals surface area (Å²) < 4.78 is 18.1. The summed E-state index contributed by atoms with van der Waals surface area (Å²) in [6.45, 7) is 0.594. The fourth-order valence-corrected chi connectivity index (χ4v) is 1.63. The average molecular weight is 224 g/mol. The molecule has 0 spiro atoms. The standard InChI is InChI=1S/C11H13FN2O2/c12-7-3-4-8(13)9(6-7)14-11(15)10-2-1-5-16-10/h3-4,6,10H,1-2,5,13H2,(H,14,15). The smallest absolute Gasteiger partial charge is 0.253 e. The first-order chi connectivity index (χ1) is 7.66. The molecule has 1 unspecified atom stereocenters. The maximum Gasteiger partial charge on any atom is 0.253 e. The fourth-order valence-electron chi connectivity index (χ4n) is 1.63. The first-order valence-corrected chi connectivity index (χ1v) is 5.14. The predicted molar refractivity (Wildman–Crippen MR) is 58.4 cm³/mol. The normalized spacial score (nSPS) is 19.7. The summed E-state index contributed by atoms with van der Waals surface area (Å²) >= 11 is 0. The summed E-state index contributed by atoms with van der Waals surface area (Å²) in [6, 6.07) is 3.86. The summed E-state index contributed by atoms with van der Waals surface area (Å²) in [5.41, 5.74) is 6.25. The molecule has 1 saturated heterocycles. The Morgan fingerprint density at radius 2 is 2.38 bits per heavy atom. The maximum absolute atomic E-state index is 12.9. The molecule has 0 aliphatic carbocycles. The lowest BCUT2D eigenvalue weighted by Gasteiger charge is -2.12. The Morgan fingerprint density at radius 1 is 1.56 bits per heavy atom. The van der Waals surface area contributed by atoms with Crippen LogP contribution in [-0.4, -0.2) is 18.6 Å². The highest BCUT2D eigenvalue weighted by Gasteiger charge is 2.23. The largest absolute Gasteiger partial charge is 0.397 e. The second kappa shape index (κ2) is 4.49. The monoisotopic (exact) mass is 224 g/mol. The number of hydrogen-bond donors (Lipinski definition) is 2. The van der Waals surface area contributed by atoms with Gasteiger partial charge in [0.15, 0.2) is 0 Å². The van der Waals surface area contributed by atoms with Crippen LogP contribution in [0.2, 0.25) is 0 Å². The second-order valence-corrected chi connectivity index (χ2v) is 3.72. The van der Waals surface area contributed by atoms with Crippen molar-refractivity contribution in [1.82, 2.24) is 0 Å². The molecular formula is C11H13FN2O2. The third-order valence-corrected chi connectivity index (χ3v) is 2.50. The van der Waals surface area contributed by atoms with Gasteiger partial charge in [0, 0.05) is 6.61 Å². The van der Waals surface area contributed by atoms with Crippen LogP contribution >= 0.6 is 0 Å². The molecule has 0 bridgehead atoms. The van der Waals surface area contributed by atoms with Crippen molar-refractivity contribution >= 4 is 17.3 Å². The average Bonchev–Trinajstić information content (AvgIpc) is 2.76. The fraction of sp³-hybridized carbons (Fsp3) is 0.364. The molecule has 1 fully saturated rings. The summed E-state index contributed by atoms with van der Waals surface area (Å²) in [7, 11) is 0. The molecule has 4 nitrogen and oxygen atoms in total. The van der Waals surface area contributed by atoms with Crippen LogP contribution in [0.1, 0.15) is 12.8 Å². The van der Waals surface area contributed by atoms with Crippen LogP contribution in [0.3, 0.4) is 0 Å². The Balaban J connectivity index is 2.07. The van der Waals surface area contributed by atoms with E-state index in [1.807, 2.05) is 0 Å². The van der Waals surface area contributed by atoms with Crippen molar-refractivity contribution in [3.63, 3.8) is 0 Å². The molecule has 1 heterocycles. The van der Waals surface area contributed by atoms with E-state index < -0.39 is 11.9 Å². The molecule has 0 aromatic heterocycles. The number of rotatable bonds is 2. The van der Waals surface area contributed by atoms with Gasteiger partial charge in [-0.1, -0.05) is 0 Å². The lowest BCUT2D eigenvalue weighted by molar-refractivity contribution is -0.124. The molecule has 3 N–H and O–H groups in total. The summed E-state index contributed by atoms with van der Waals surface area (Å²) in [6.07, 6.45) is 1.13. The van der Waals surface area contributed by atoms with Gasteiger partial charge in [0.05, 0.1) is 11.4 Å². The summed E-state index contributed by atoms with van der Waals surface area (Å²) in [5.74, 6) is -0.702. The van der Waals surface area contributed by atoms with Crippen molar-refractivity contribution < 1.29 is 13.9 Å². The van der Waals surface area contributed by atoms with E-state index in [4.69, 9.17) is 10.5 Å². The second-order valence-electron chi connectivity index (χ2n) is 3.72. The first kappa shape index (κ1) is 10.9. The summed E-state index contributed by atoms with van der Waals surface area (Å²) in [5, 5.41) is 2.56. The first-order valence-electron chi connectivity index (χ1n) is 5.14. The number of halogens is 1. The van der Waals surface area contributed by atoms with E-state index in [0.717, 1.165) is 6.42 Å². The quantitative estimate of drug-likeness (QED) is 0.749. The van der Waals surface area contributed by atoms with Gasteiger partial charge in [-0.25, -0.2) is 4.39 Å². The molecule has 1 aromatic rings. The lowest BCUT2D eigenvalue weighted by Crippen LogP contribution is -2.27. The Hall–Kier alpha value is -1.62. The number of carbonyl (C=O) groups is 1. The molecule has 1 amide bonds. The molecule has 0 radical (unpaired) electrons. The van der Waals surface area contributed by atoms with Crippen LogP contribution in [0.15, 0.2) is 18.2 Å². The highest BCUT2D eigenvalue weighted by molar-refractivity contribution is 5.96. The minimum atomic E-state index is -0.442. The Morgan fingerprint density at radius 3 is 3.06 bits per heavy atom. The van der Waals surface area contributed by atoms with Crippen LogP contribution in [-0.2, 0) is 9.53 Å². The minimum Gasteiger partial charge on any atom is -0.397 e. The topological polar surface area (TPSA) is 64.3 Å². The highest BCUT2D eigenvalue weighted by Crippen LogP contribution is 2.21. The van der Waals surface area contributed by atoms with Crippen molar-refractivity contribution in [1.29, 1.82) is 0 Å². The number of ether oxygens (including phenoxy) is 1. The van der Waals surface area contributed by atoms with Gasteiger partial charge in [0.1, 0.15) is 11.9 Å². The highest BCUT2D eigenvalue weighted by atomic mass is 19.1. The van der Waals surface area contributed by atoms with Crippen molar-refractivity contribution in [2.45, 2.75) is 18.9 Å². The van der Waals surface area contributed by atoms with Gasteiger partial charge in [0.2, 0.25) is 0 Å². The van der Waals surface area contributed by atoms with E-state index in [1.54, 1.807) is 0 Å². The van der Waals surface area contributed by atoms with Gasteiger partial charge in [-0.05, 0) is 31.0 Å². The Labute approximate surface area is 92.6 Å². The van der Waals surface area contributed by atoms with Gasteiger partial charge in [0.25, 0.3) is 5.91 Å². The van der Waals surface area contributed by atoms with E-state index in [9.17, 15) is 9.18 Å². The molecule has 1 aromatic carbocycles. The van der Waals surface area contributed by atoms with Gasteiger partial charge in [-0.2, -0.15) is 0 Å². The Kier molecular flexibility index (Phi) is 3.05. The number of anilines is 2. The molecule has 1 atom stereocenters. The molecule has 16 heavy (non-hydrogen) atoms. The minimum absolute atomic E-state index is 0.269. The Bertz CT molecular complexity index is 403. The molecule has 1 aliphatic rings. The lowest BCUT2D eigenvalue weighted by atomic mass is 10.2. The molecule has 2 rings (SSSR count). The summed E-state index contributed by atoms with van der Waals surface area (Å²) in [4.78, 5) is 11.7. The number of hydrogen-bond acceptors (Lipinski definition) is 3. The number of nitrogens with two attached hydrogens (primary N) is 1. The zero-order chi connectivity index (χ0) is 11.5. The zero-order valence-corrected chi connectivity index (χ0v) is 8.70. The van der Waals surface area contributed by atoms with Crippen LogP contribution in [0.25, 0.3) is 0 Å². The number of nitrogen functional groups attached to an aromatic ring is 1. The molecule has 0 saturated carbocycles. The maximum atomic E-state index is 12.9.